The van der Waals surface area contributed by atoms with Crippen molar-refractivity contribution in [2.24, 2.45) is 51.8 Å². The van der Waals surface area contributed by atoms with Gasteiger partial charge < -0.3 is 15.3 Å². The Morgan fingerprint density at radius 2 is 1.52 bits per heavy atom. The molecule has 4 saturated carbocycles. The molecule has 0 bridgehead atoms. The predicted octanol–water partition coefficient (Wildman–Crippen LogP) is 9.52. The zero-order valence-corrected chi connectivity index (χ0v) is 33.5. The fourth-order valence-electron chi connectivity index (χ4n) is 12.5. The van der Waals surface area contributed by atoms with Gasteiger partial charge in [-0.05, 0) is 147 Å². The van der Waals surface area contributed by atoms with Gasteiger partial charge in [0, 0.05) is 26.1 Å². The second-order valence-corrected chi connectivity index (χ2v) is 16.9. The van der Waals surface area contributed by atoms with Gasteiger partial charge in [-0.2, -0.15) is 0 Å². The number of carboxylic acids is 1. The van der Waals surface area contributed by atoms with E-state index in [1.54, 1.807) is 18.2 Å². The number of rotatable bonds is 7. The van der Waals surface area contributed by atoms with Crippen molar-refractivity contribution in [1.82, 2.24) is 10.2 Å². The second kappa shape index (κ2) is 19.4. The van der Waals surface area contributed by atoms with Gasteiger partial charge >= 0.3 is 5.97 Å². The van der Waals surface area contributed by atoms with Crippen LogP contribution in [-0.2, 0) is 9.59 Å². The highest BCUT2D eigenvalue weighted by molar-refractivity contribution is 5.88. The molecule has 5 fully saturated rings. The number of likely N-dealkylation sites (tertiary alicyclic amines) is 1. The fourth-order valence-corrected chi connectivity index (χ4v) is 12.5. The molecule has 54 heavy (non-hydrogen) atoms. The number of allylic oxidation sites excluding steroid dienone is 3. The molecule has 6 unspecified atom stereocenters. The van der Waals surface area contributed by atoms with E-state index in [4.69, 9.17) is 0 Å². The van der Waals surface area contributed by atoms with Crippen LogP contribution in [0.1, 0.15) is 127 Å². The molecule has 0 aromatic heterocycles. The highest BCUT2D eigenvalue weighted by Crippen LogP contribution is 2.69. The molecule has 1 heterocycles. The van der Waals surface area contributed by atoms with Gasteiger partial charge in [0.15, 0.2) is 0 Å². The number of nitrogens with zero attached hydrogens (tertiary/aromatic N) is 1. The molecule has 1 aromatic carbocycles. The first-order chi connectivity index (χ1) is 26.0. The van der Waals surface area contributed by atoms with Crippen LogP contribution in [0.5, 0.6) is 0 Å². The SMILES string of the molecule is C#C.C#C.C#C.C=CC.CC1(C)C(c2ccc(C(=O)O)cc2)=CC[C@]2(C)C3CCC4C(CC[C@@]5(C(=O)NCCCN6CCCC6=O)CCCC45)C3CCC12. The number of hydrogen-bond acceptors (Lipinski definition) is 3. The number of carboxylic acid groups (broad SMARTS) is 1. The van der Waals surface area contributed by atoms with Crippen LogP contribution in [-0.4, -0.2) is 47.4 Å². The highest BCUT2D eigenvalue weighted by Gasteiger charge is 2.62. The molecule has 2 N–H and O–H groups in total. The van der Waals surface area contributed by atoms with Crippen molar-refractivity contribution >= 4 is 23.4 Å². The van der Waals surface area contributed by atoms with Crippen molar-refractivity contribution in [2.75, 3.05) is 19.6 Å². The summed E-state index contributed by atoms with van der Waals surface area (Å²) in [5.41, 5.74) is 3.05. The number of carbonyl (C=O) groups is 3. The molecule has 5 aliphatic carbocycles. The average Bonchev–Trinajstić information content (AvgIpc) is 3.82. The van der Waals surface area contributed by atoms with Crippen LogP contribution < -0.4 is 5.32 Å². The van der Waals surface area contributed by atoms with Gasteiger partial charge in [-0.15, -0.1) is 45.1 Å². The lowest BCUT2D eigenvalue weighted by molar-refractivity contribution is -0.151. The first-order valence-electron chi connectivity index (χ1n) is 20.2. The number of carbonyl (C=O) groups excluding carboxylic acids is 2. The Labute approximate surface area is 327 Å². The normalized spacial score (nSPS) is 32.4. The molecule has 6 nitrogen and oxygen atoms in total. The minimum atomic E-state index is -0.871. The largest absolute Gasteiger partial charge is 0.478 e. The van der Waals surface area contributed by atoms with Crippen LogP contribution in [0.15, 0.2) is 43.0 Å². The lowest BCUT2D eigenvalue weighted by atomic mass is 9.40. The molecule has 7 rings (SSSR count). The van der Waals surface area contributed by atoms with Crippen molar-refractivity contribution < 1.29 is 19.5 Å². The minimum absolute atomic E-state index is 0.0346. The molecule has 1 aliphatic heterocycles. The van der Waals surface area contributed by atoms with Crippen molar-refractivity contribution in [1.29, 1.82) is 0 Å². The number of benzene rings is 1. The Morgan fingerprint density at radius 3 is 2.13 bits per heavy atom. The summed E-state index contributed by atoms with van der Waals surface area (Å²) in [7, 11) is 0. The molecule has 8 atom stereocenters. The van der Waals surface area contributed by atoms with Crippen LogP contribution >= 0.6 is 0 Å². The van der Waals surface area contributed by atoms with Gasteiger partial charge in [-0.3, -0.25) is 9.59 Å². The van der Waals surface area contributed by atoms with Gasteiger partial charge in [0.05, 0.1) is 11.0 Å². The topological polar surface area (TPSA) is 86.7 Å². The molecular formula is C48H66N2O4. The van der Waals surface area contributed by atoms with E-state index >= 15 is 0 Å². The van der Waals surface area contributed by atoms with Crippen LogP contribution in [0.3, 0.4) is 0 Å². The molecule has 1 saturated heterocycles. The van der Waals surface area contributed by atoms with Gasteiger partial charge in [0.25, 0.3) is 0 Å². The number of terminal acetylenes is 3. The lowest BCUT2D eigenvalue weighted by Crippen LogP contribution is -2.58. The van der Waals surface area contributed by atoms with Crippen LogP contribution in [0.25, 0.3) is 5.57 Å². The summed E-state index contributed by atoms with van der Waals surface area (Å²) in [4.78, 5) is 39.3. The third-order valence-corrected chi connectivity index (χ3v) is 14.4. The Morgan fingerprint density at radius 1 is 0.889 bits per heavy atom. The maximum atomic E-state index is 13.9. The molecule has 6 heteroatoms. The van der Waals surface area contributed by atoms with Crippen molar-refractivity contribution in [3.63, 3.8) is 0 Å². The van der Waals surface area contributed by atoms with E-state index in [0.29, 0.717) is 42.2 Å². The van der Waals surface area contributed by atoms with Gasteiger partial charge in [0.1, 0.15) is 0 Å². The van der Waals surface area contributed by atoms with Crippen molar-refractivity contribution in [3.05, 3.63) is 54.1 Å². The highest BCUT2D eigenvalue weighted by atomic mass is 16.4. The summed E-state index contributed by atoms with van der Waals surface area (Å²) in [6.45, 7) is 15.1. The zero-order valence-electron chi connectivity index (χ0n) is 33.5. The first kappa shape index (κ1) is 44.2. The third kappa shape index (κ3) is 8.37. The van der Waals surface area contributed by atoms with Crippen LogP contribution in [0.2, 0.25) is 0 Å². The fraction of sp³-hybridized carbons (Fsp3) is 0.604. The Balaban J connectivity index is 0.000000807. The summed E-state index contributed by atoms with van der Waals surface area (Å²) < 4.78 is 0. The number of nitrogens with one attached hydrogen (secondary N) is 1. The number of amides is 2. The van der Waals surface area contributed by atoms with Crippen LogP contribution in [0.4, 0.5) is 0 Å². The van der Waals surface area contributed by atoms with Gasteiger partial charge in [-0.25, -0.2) is 4.79 Å². The van der Waals surface area contributed by atoms with E-state index in [9.17, 15) is 19.5 Å². The summed E-state index contributed by atoms with van der Waals surface area (Å²) in [6.07, 6.45) is 42.7. The second-order valence-electron chi connectivity index (χ2n) is 16.9. The monoisotopic (exact) mass is 735 g/mol. The standard InChI is InChI=1S/C39H54N2O4.C3H6.3C2H2/c1-37(2)30(25-9-11-26(12-10-25)35(43)44)18-20-38(3)31-15-13-29-27(28(31)14-16-33(37)38)17-21-39(19-4-7-32(29)39)36(45)40-22-6-24-41-23-5-8-34(41)42;1-3-2;3*1-2/h9-12,18,27-29,31-33H,4-8,13-17,19-24H2,1-3H3,(H,40,45)(H,43,44);3H,1H2,2H3;3*1-2H/t27?,28?,29?,31?,32?,33?,38-,39+;;;;/m1..../s1. The number of fused-ring (bicyclic) bond motifs is 7. The van der Waals surface area contributed by atoms with E-state index in [1.807, 2.05) is 24.0 Å². The molecule has 0 spiro atoms. The minimum Gasteiger partial charge on any atom is -0.478 e. The quantitative estimate of drug-likeness (QED) is 0.166. The smallest absolute Gasteiger partial charge is 0.335 e. The van der Waals surface area contributed by atoms with Crippen LogP contribution in [0, 0.1) is 90.3 Å². The molecular weight excluding hydrogens is 669 g/mol. The van der Waals surface area contributed by atoms with Gasteiger partial charge in [0.2, 0.25) is 11.8 Å². The Kier molecular flexibility index (Phi) is 15.9. The summed E-state index contributed by atoms with van der Waals surface area (Å²) in [5.74, 6) is 3.80. The Bertz CT molecular complexity index is 1530. The maximum absolute atomic E-state index is 13.9. The van der Waals surface area contributed by atoms with Crippen molar-refractivity contribution in [3.8, 4) is 38.5 Å². The van der Waals surface area contributed by atoms with Gasteiger partial charge in [-0.1, -0.05) is 51.5 Å². The number of aromatic carboxylic acids is 1. The number of hydrogen-bond donors (Lipinski definition) is 2. The zero-order chi connectivity index (χ0) is 40.3. The van der Waals surface area contributed by atoms with E-state index < -0.39 is 5.97 Å². The van der Waals surface area contributed by atoms with E-state index in [-0.39, 0.29) is 22.2 Å². The van der Waals surface area contributed by atoms with Crippen molar-refractivity contribution in [2.45, 2.75) is 111 Å². The average molecular weight is 735 g/mol. The molecule has 1 aromatic rings. The lowest BCUT2D eigenvalue weighted by Gasteiger charge is -2.64. The van der Waals surface area contributed by atoms with E-state index in [2.05, 4.69) is 77.3 Å². The predicted molar refractivity (Wildman–Crippen MR) is 222 cm³/mol. The summed E-state index contributed by atoms with van der Waals surface area (Å²) >= 11 is 0. The molecule has 6 aliphatic rings. The first-order valence-corrected chi connectivity index (χ1v) is 20.2. The summed E-state index contributed by atoms with van der Waals surface area (Å²) in [6, 6.07) is 7.53. The third-order valence-electron chi connectivity index (χ3n) is 14.4. The maximum Gasteiger partial charge on any atom is 0.335 e. The molecule has 0 radical (unpaired) electrons. The Hall–Kier alpha value is -4.21. The molecule has 2 amide bonds. The van der Waals surface area contributed by atoms with E-state index in [0.717, 1.165) is 62.9 Å². The van der Waals surface area contributed by atoms with E-state index in [1.165, 1.54) is 56.1 Å². The molecule has 292 valence electrons. The summed E-state index contributed by atoms with van der Waals surface area (Å²) in [5, 5.41) is 12.8.